The normalized spacial score (nSPS) is 9.12. The molecule has 0 atom stereocenters. The van der Waals surface area contributed by atoms with Crippen LogP contribution in [0, 0.1) is 18.2 Å². The second-order valence-corrected chi connectivity index (χ2v) is 1.29. The molecule has 1 heterocycles. The summed E-state index contributed by atoms with van der Waals surface area (Å²) in [7, 11) is 0. The lowest BCUT2D eigenvalue weighted by Gasteiger charge is -1.83. The van der Waals surface area contributed by atoms with Crippen molar-refractivity contribution in [1.82, 2.24) is 15.3 Å². The number of H-pyrrole nitrogens is 1. The van der Waals surface area contributed by atoms with Gasteiger partial charge in [0.2, 0.25) is 0 Å². The number of rotatable bonds is 0. The molecular formula is C3H4N4O. The van der Waals surface area contributed by atoms with E-state index in [0.717, 1.165) is 0 Å². The highest BCUT2D eigenvalue weighted by atomic mass is 16.3. The van der Waals surface area contributed by atoms with E-state index in [1.807, 2.05) is 6.33 Å². The Hall–Kier alpha value is -1.26. The van der Waals surface area contributed by atoms with Crippen LogP contribution in [0.15, 0.2) is 0 Å². The van der Waals surface area contributed by atoms with Crippen LogP contribution >= 0.6 is 0 Å². The fourth-order valence-electron chi connectivity index (χ4n) is 0.332. The molecule has 0 spiro atoms. The molecule has 0 unspecified atom stereocenters. The van der Waals surface area contributed by atoms with Crippen LogP contribution in [0.1, 0.15) is 5.82 Å². The molecule has 0 radical (unpaired) electrons. The van der Waals surface area contributed by atoms with Crippen LogP contribution in [0.25, 0.3) is 0 Å². The molecule has 1 rings (SSSR count). The average Bonchev–Trinajstić information content (AvgIpc) is 1.64. The van der Waals surface area contributed by atoms with Crippen molar-refractivity contribution in [3.05, 3.63) is 17.1 Å². The highest BCUT2D eigenvalue weighted by Crippen LogP contribution is 1.67. The quantitative estimate of drug-likeness (QED) is 0.339. The number of nitrogens with one attached hydrogen (secondary N) is 1. The second kappa shape index (κ2) is 1.69. The summed E-state index contributed by atoms with van der Waals surface area (Å²) >= 11 is 0. The summed E-state index contributed by atoms with van der Waals surface area (Å²) in [5.74, 6) is 0.471. The van der Waals surface area contributed by atoms with Gasteiger partial charge >= 0.3 is 0 Å². The summed E-state index contributed by atoms with van der Waals surface area (Å²) in [6.45, 7) is 1.63. The first-order valence-electron chi connectivity index (χ1n) is 2.03. The Kier molecular flexibility index (Phi) is 1.03. The molecule has 5 nitrogen and oxygen atoms in total. The predicted molar refractivity (Wildman–Crippen MR) is 23.3 cm³/mol. The SMILES string of the molecule is Cc1nn[c-][n+](=O)[nH]1. The molecular weight excluding hydrogens is 108 g/mol. The highest BCUT2D eigenvalue weighted by molar-refractivity contribution is 4.61. The lowest BCUT2D eigenvalue weighted by molar-refractivity contribution is -0.574. The van der Waals surface area contributed by atoms with Crippen molar-refractivity contribution in [2.24, 2.45) is 0 Å². The van der Waals surface area contributed by atoms with Gasteiger partial charge in [0, 0.05) is 6.92 Å². The number of aromatic nitrogens is 4. The molecule has 0 fully saturated rings. The molecule has 8 heavy (non-hydrogen) atoms. The lowest BCUT2D eigenvalue weighted by atomic mass is 10.8. The molecule has 0 aliphatic carbocycles. The first kappa shape index (κ1) is 4.89. The summed E-state index contributed by atoms with van der Waals surface area (Å²) in [5.41, 5.74) is 0. The van der Waals surface area contributed by atoms with E-state index in [4.69, 9.17) is 0 Å². The van der Waals surface area contributed by atoms with Crippen LogP contribution < -0.4 is 4.54 Å². The van der Waals surface area contributed by atoms with Crippen molar-refractivity contribution in [3.8, 4) is 0 Å². The third-order valence-electron chi connectivity index (χ3n) is 0.599. The minimum absolute atomic E-state index is 0.363. The van der Waals surface area contributed by atoms with E-state index in [1.165, 1.54) is 0 Å². The number of hydrogen-bond acceptors (Lipinski definition) is 3. The van der Waals surface area contributed by atoms with Crippen LogP contribution in [0.5, 0.6) is 0 Å². The Morgan fingerprint density at radius 1 is 1.88 bits per heavy atom. The smallest absolute Gasteiger partial charge is 0.181 e. The molecule has 1 N–H and O–H groups in total. The van der Waals surface area contributed by atoms with Crippen molar-refractivity contribution in [2.75, 3.05) is 0 Å². The highest BCUT2D eigenvalue weighted by Gasteiger charge is 1.80. The third-order valence-corrected chi connectivity index (χ3v) is 0.599. The van der Waals surface area contributed by atoms with E-state index < -0.39 is 0 Å². The van der Waals surface area contributed by atoms with Crippen LogP contribution in [0.3, 0.4) is 0 Å². The Morgan fingerprint density at radius 2 is 2.62 bits per heavy atom. The zero-order valence-corrected chi connectivity index (χ0v) is 4.25. The minimum atomic E-state index is 0.363. The molecule has 0 saturated heterocycles. The predicted octanol–water partition coefficient (Wildman–Crippen LogP) is -1.17. The number of hydrogen-bond donors (Lipinski definition) is 1. The van der Waals surface area contributed by atoms with Crippen molar-refractivity contribution >= 4 is 0 Å². The van der Waals surface area contributed by atoms with Crippen molar-refractivity contribution in [1.29, 1.82) is 0 Å². The van der Waals surface area contributed by atoms with E-state index in [0.29, 0.717) is 10.4 Å². The topological polar surface area (TPSA) is 64.5 Å². The number of nitrogens with zero attached hydrogens (tertiary/aromatic N) is 3. The molecule has 0 aliphatic rings. The van der Waals surface area contributed by atoms with Gasteiger partial charge in [0.05, 0.1) is 6.33 Å². The van der Waals surface area contributed by atoms with Crippen molar-refractivity contribution in [3.63, 3.8) is 0 Å². The Bertz CT molecular complexity index is 229. The van der Waals surface area contributed by atoms with Crippen LogP contribution in [0.4, 0.5) is 0 Å². The molecule has 1 aromatic heterocycles. The summed E-state index contributed by atoms with van der Waals surface area (Å²) in [6.07, 6.45) is 2.02. The molecule has 0 aromatic carbocycles. The largest absolute Gasteiger partial charge is 0.202 e. The standard InChI is InChI=1S/C3H4N4O/c1-3-5-4-2-7(8)6-3/h1H3,(H,5,6). The van der Waals surface area contributed by atoms with E-state index in [-0.39, 0.29) is 0 Å². The van der Waals surface area contributed by atoms with Gasteiger partial charge in [-0.3, -0.25) is 0 Å². The van der Waals surface area contributed by atoms with Crippen molar-refractivity contribution in [2.45, 2.75) is 6.92 Å². The van der Waals surface area contributed by atoms with E-state index >= 15 is 0 Å². The zero-order valence-electron chi connectivity index (χ0n) is 4.25. The van der Waals surface area contributed by atoms with Gasteiger partial charge in [0.1, 0.15) is 0 Å². The van der Waals surface area contributed by atoms with Gasteiger partial charge in [-0.25, -0.2) is 5.10 Å². The Morgan fingerprint density at radius 3 is 3.00 bits per heavy atom. The maximum Gasteiger partial charge on any atom is 0.181 e. The van der Waals surface area contributed by atoms with Gasteiger partial charge in [-0.15, -0.1) is 5.10 Å². The molecule has 0 bridgehead atoms. The van der Waals surface area contributed by atoms with Gasteiger partial charge in [-0.05, 0) is 0 Å². The molecule has 42 valence electrons. The fourth-order valence-corrected chi connectivity index (χ4v) is 0.332. The molecule has 0 amide bonds. The summed E-state index contributed by atoms with van der Waals surface area (Å²) in [4.78, 5) is 10.2. The first-order valence-corrected chi connectivity index (χ1v) is 2.03. The average molecular weight is 112 g/mol. The molecule has 0 aliphatic heterocycles. The van der Waals surface area contributed by atoms with Crippen molar-refractivity contribution < 1.29 is 4.54 Å². The van der Waals surface area contributed by atoms with Gasteiger partial charge in [0.15, 0.2) is 5.82 Å². The summed E-state index contributed by atoms with van der Waals surface area (Å²) < 4.78 is 0.363. The minimum Gasteiger partial charge on any atom is -0.202 e. The lowest BCUT2D eigenvalue weighted by Crippen LogP contribution is -2.22. The number of aromatic amines is 1. The Labute approximate surface area is 45.0 Å². The number of aryl methyl sites for hydroxylation is 1. The van der Waals surface area contributed by atoms with Gasteiger partial charge < -0.3 is 0 Å². The zero-order chi connectivity index (χ0) is 5.98. The monoisotopic (exact) mass is 112 g/mol. The van der Waals surface area contributed by atoms with Crippen LogP contribution in [-0.4, -0.2) is 15.3 Å². The molecule has 1 aromatic rings. The maximum atomic E-state index is 10.2. The third kappa shape index (κ3) is 0.868. The summed E-state index contributed by atoms with van der Waals surface area (Å²) in [5, 5.41) is 8.99. The van der Waals surface area contributed by atoms with Gasteiger partial charge in [-0.1, -0.05) is 14.5 Å². The first-order chi connectivity index (χ1) is 3.79. The van der Waals surface area contributed by atoms with E-state index in [1.54, 1.807) is 6.92 Å². The molecule has 5 heteroatoms. The van der Waals surface area contributed by atoms with E-state index in [2.05, 4.69) is 15.3 Å². The van der Waals surface area contributed by atoms with Gasteiger partial charge in [0.25, 0.3) is 0 Å². The fraction of sp³-hybridized carbons (Fsp3) is 0.333. The maximum absolute atomic E-state index is 10.2. The molecule has 0 saturated carbocycles. The van der Waals surface area contributed by atoms with Crippen LogP contribution in [-0.2, 0) is 0 Å². The van der Waals surface area contributed by atoms with E-state index in [9.17, 15) is 4.91 Å². The van der Waals surface area contributed by atoms with Crippen LogP contribution in [0.2, 0.25) is 0 Å². The summed E-state index contributed by atoms with van der Waals surface area (Å²) in [6, 6.07) is 0. The van der Waals surface area contributed by atoms with Gasteiger partial charge in [-0.2, -0.15) is 0 Å². The second-order valence-electron chi connectivity index (χ2n) is 1.29. The Balaban J connectivity index is 3.28.